The van der Waals surface area contributed by atoms with E-state index in [1.54, 1.807) is 6.07 Å². The molecule has 0 atom stereocenters. The highest BCUT2D eigenvalue weighted by atomic mass is 16.5. The minimum atomic E-state index is -0.228. The third kappa shape index (κ3) is 5.11. The monoisotopic (exact) mass is 331 g/mol. The number of nitrogens with zero attached hydrogens (tertiary/aromatic N) is 1. The average molecular weight is 331 g/mol. The third-order valence-corrected chi connectivity index (χ3v) is 3.80. The van der Waals surface area contributed by atoms with Crippen LogP contribution in [0.15, 0.2) is 41.0 Å². The predicted octanol–water partition coefficient (Wildman–Crippen LogP) is 2.71. The summed E-state index contributed by atoms with van der Waals surface area (Å²) in [6.45, 7) is 8.12. The van der Waals surface area contributed by atoms with Crippen molar-refractivity contribution in [2.24, 2.45) is 5.73 Å². The molecule has 0 fully saturated rings. The first kappa shape index (κ1) is 18.0. The molecule has 1 aromatic heterocycles. The normalized spacial score (nSPS) is 10.8. The summed E-state index contributed by atoms with van der Waals surface area (Å²) in [5.41, 5.74) is 6.62. The van der Waals surface area contributed by atoms with Crippen molar-refractivity contribution in [3.05, 3.63) is 47.9 Å². The third-order valence-electron chi connectivity index (χ3n) is 3.80. The van der Waals surface area contributed by atoms with E-state index in [0.717, 1.165) is 25.4 Å². The van der Waals surface area contributed by atoms with Crippen molar-refractivity contribution in [3.63, 3.8) is 0 Å². The van der Waals surface area contributed by atoms with E-state index in [2.05, 4.69) is 24.1 Å². The van der Waals surface area contributed by atoms with E-state index in [0.29, 0.717) is 23.6 Å². The van der Waals surface area contributed by atoms with Crippen LogP contribution in [0.3, 0.4) is 0 Å². The number of nitrogens with two attached hydrogens (primary N) is 1. The molecule has 0 bridgehead atoms. The van der Waals surface area contributed by atoms with Gasteiger partial charge in [-0.2, -0.15) is 0 Å². The molecule has 0 aliphatic rings. The fourth-order valence-corrected chi connectivity index (χ4v) is 2.28. The fraction of sp³-hybridized carbons (Fsp3) is 0.389. The first-order valence-corrected chi connectivity index (χ1v) is 8.20. The van der Waals surface area contributed by atoms with Gasteiger partial charge in [-0.05, 0) is 43.4 Å². The molecule has 0 saturated carbocycles. The van der Waals surface area contributed by atoms with Crippen LogP contribution in [0, 0.1) is 0 Å². The smallest absolute Gasteiger partial charge is 0.258 e. The molecular formula is C18H25N3O3. The Hall–Kier alpha value is -2.31. The molecule has 130 valence electrons. The Labute approximate surface area is 142 Å². The number of hydrogen-bond acceptors (Lipinski definition) is 5. The van der Waals surface area contributed by atoms with Crippen LogP contribution in [-0.4, -0.2) is 37.0 Å². The molecule has 0 aliphatic heterocycles. The molecule has 1 amide bonds. The molecule has 1 heterocycles. The standard InChI is InChI=1S/C18H25N3O3/c1-3-21(4-2)9-10-23-16-7-5-15(6-8-16)20-18(22)14-11-17(12-19)24-13-14/h5-8,11,13H,3-4,9-10,12,19H2,1-2H3,(H,20,22). The fourth-order valence-electron chi connectivity index (χ4n) is 2.28. The van der Waals surface area contributed by atoms with Crippen molar-refractivity contribution >= 4 is 11.6 Å². The van der Waals surface area contributed by atoms with E-state index in [1.165, 1.54) is 6.26 Å². The molecule has 24 heavy (non-hydrogen) atoms. The SMILES string of the molecule is CCN(CC)CCOc1ccc(NC(=O)c2coc(CN)c2)cc1. The van der Waals surface area contributed by atoms with Crippen molar-refractivity contribution in [3.8, 4) is 5.75 Å². The highest BCUT2D eigenvalue weighted by Crippen LogP contribution is 2.17. The van der Waals surface area contributed by atoms with Gasteiger partial charge in [0.1, 0.15) is 24.4 Å². The van der Waals surface area contributed by atoms with E-state index in [9.17, 15) is 4.79 Å². The summed E-state index contributed by atoms with van der Waals surface area (Å²) in [6.07, 6.45) is 1.40. The second kappa shape index (κ2) is 9.10. The first-order valence-electron chi connectivity index (χ1n) is 8.20. The minimum Gasteiger partial charge on any atom is -0.492 e. The van der Waals surface area contributed by atoms with Crippen molar-refractivity contribution < 1.29 is 13.9 Å². The summed E-state index contributed by atoms with van der Waals surface area (Å²) >= 11 is 0. The number of rotatable bonds is 9. The second-order valence-electron chi connectivity index (χ2n) is 5.36. The summed E-state index contributed by atoms with van der Waals surface area (Å²) < 4.78 is 10.9. The van der Waals surface area contributed by atoms with Gasteiger partial charge in [0.2, 0.25) is 0 Å². The summed E-state index contributed by atoms with van der Waals surface area (Å²) in [7, 11) is 0. The Balaban J connectivity index is 1.84. The number of anilines is 1. The number of benzene rings is 1. The molecule has 6 heteroatoms. The maximum atomic E-state index is 12.1. The first-order chi connectivity index (χ1) is 11.7. The van der Waals surface area contributed by atoms with E-state index in [-0.39, 0.29) is 12.5 Å². The van der Waals surface area contributed by atoms with Gasteiger partial charge in [-0.1, -0.05) is 13.8 Å². The summed E-state index contributed by atoms with van der Waals surface area (Å²) in [4.78, 5) is 14.4. The lowest BCUT2D eigenvalue weighted by Crippen LogP contribution is -2.27. The zero-order valence-electron chi connectivity index (χ0n) is 14.2. The van der Waals surface area contributed by atoms with Crippen LogP contribution in [-0.2, 0) is 6.54 Å². The van der Waals surface area contributed by atoms with Crippen molar-refractivity contribution in [1.29, 1.82) is 0 Å². The highest BCUT2D eigenvalue weighted by molar-refractivity contribution is 6.04. The van der Waals surface area contributed by atoms with Crippen LogP contribution in [0.5, 0.6) is 5.75 Å². The van der Waals surface area contributed by atoms with Crippen LogP contribution in [0.1, 0.15) is 30.0 Å². The Morgan fingerprint density at radius 1 is 1.25 bits per heavy atom. The van der Waals surface area contributed by atoms with E-state index < -0.39 is 0 Å². The lowest BCUT2D eigenvalue weighted by Gasteiger charge is -2.18. The second-order valence-corrected chi connectivity index (χ2v) is 5.36. The molecule has 2 aromatic rings. The number of ether oxygens (including phenoxy) is 1. The van der Waals surface area contributed by atoms with E-state index >= 15 is 0 Å². The number of furan rings is 1. The van der Waals surface area contributed by atoms with Gasteiger partial charge in [-0.25, -0.2) is 0 Å². The molecule has 0 saturated heterocycles. The number of hydrogen-bond donors (Lipinski definition) is 2. The lowest BCUT2D eigenvalue weighted by atomic mass is 10.2. The lowest BCUT2D eigenvalue weighted by molar-refractivity contribution is 0.102. The van der Waals surface area contributed by atoms with Gasteiger partial charge >= 0.3 is 0 Å². The topological polar surface area (TPSA) is 80.7 Å². The van der Waals surface area contributed by atoms with Gasteiger partial charge in [0, 0.05) is 12.2 Å². The predicted molar refractivity (Wildman–Crippen MR) is 94.3 cm³/mol. The van der Waals surface area contributed by atoms with Crippen LogP contribution < -0.4 is 15.8 Å². The average Bonchev–Trinajstić information content (AvgIpc) is 3.09. The highest BCUT2D eigenvalue weighted by Gasteiger charge is 2.10. The Kier molecular flexibility index (Phi) is 6.84. The number of carbonyl (C=O) groups excluding carboxylic acids is 1. The van der Waals surface area contributed by atoms with Crippen LogP contribution >= 0.6 is 0 Å². The van der Waals surface area contributed by atoms with Gasteiger partial charge in [0.15, 0.2) is 0 Å². The zero-order chi connectivity index (χ0) is 17.4. The number of likely N-dealkylation sites (N-methyl/N-ethyl adjacent to an activating group) is 1. The van der Waals surface area contributed by atoms with Gasteiger partial charge in [0.25, 0.3) is 5.91 Å². The molecule has 0 spiro atoms. The number of amides is 1. The van der Waals surface area contributed by atoms with Crippen molar-refractivity contribution in [1.82, 2.24) is 4.90 Å². The Bertz CT molecular complexity index is 633. The summed E-state index contributed by atoms with van der Waals surface area (Å²) in [6, 6.07) is 8.96. The molecule has 0 aliphatic carbocycles. The summed E-state index contributed by atoms with van der Waals surface area (Å²) in [5, 5.41) is 2.81. The van der Waals surface area contributed by atoms with Gasteiger partial charge < -0.3 is 25.1 Å². The number of nitrogens with one attached hydrogen (secondary N) is 1. The Morgan fingerprint density at radius 3 is 2.54 bits per heavy atom. The van der Waals surface area contributed by atoms with Crippen LogP contribution in [0.25, 0.3) is 0 Å². The zero-order valence-corrected chi connectivity index (χ0v) is 14.2. The largest absolute Gasteiger partial charge is 0.492 e. The maximum Gasteiger partial charge on any atom is 0.258 e. The molecule has 2 rings (SSSR count). The van der Waals surface area contributed by atoms with Gasteiger partial charge in [-0.3, -0.25) is 4.79 Å². The molecule has 0 unspecified atom stereocenters. The molecule has 6 nitrogen and oxygen atoms in total. The molecule has 0 radical (unpaired) electrons. The van der Waals surface area contributed by atoms with Crippen molar-refractivity contribution in [2.45, 2.75) is 20.4 Å². The molecule has 1 aromatic carbocycles. The Morgan fingerprint density at radius 2 is 1.96 bits per heavy atom. The number of carbonyl (C=O) groups is 1. The quantitative estimate of drug-likeness (QED) is 0.738. The van der Waals surface area contributed by atoms with E-state index in [1.807, 2.05) is 24.3 Å². The van der Waals surface area contributed by atoms with Gasteiger partial charge in [-0.15, -0.1) is 0 Å². The van der Waals surface area contributed by atoms with Gasteiger partial charge in [0.05, 0.1) is 12.1 Å². The van der Waals surface area contributed by atoms with Crippen LogP contribution in [0.2, 0.25) is 0 Å². The summed E-state index contributed by atoms with van der Waals surface area (Å²) in [5.74, 6) is 1.14. The minimum absolute atomic E-state index is 0.228. The molecule has 3 N–H and O–H groups in total. The van der Waals surface area contributed by atoms with Crippen LogP contribution in [0.4, 0.5) is 5.69 Å². The molecular weight excluding hydrogens is 306 g/mol. The van der Waals surface area contributed by atoms with Crippen molar-refractivity contribution in [2.75, 3.05) is 31.6 Å². The maximum absolute atomic E-state index is 12.1. The van der Waals surface area contributed by atoms with E-state index in [4.69, 9.17) is 14.9 Å².